The van der Waals surface area contributed by atoms with Crippen LogP contribution < -0.4 is 4.90 Å². The number of rotatable bonds is 2. The van der Waals surface area contributed by atoms with Crippen LogP contribution in [0.4, 0.5) is 10.6 Å². The number of nitrogens with zero attached hydrogens (tertiary/aromatic N) is 3. The molecule has 3 rings (SSSR count). The van der Waals surface area contributed by atoms with Crippen LogP contribution in [0.2, 0.25) is 0 Å². The first-order valence-electron chi connectivity index (χ1n) is 7.12. The van der Waals surface area contributed by atoms with Crippen LogP contribution in [0.3, 0.4) is 0 Å². The minimum Gasteiger partial charge on any atom is -0.447 e. The summed E-state index contributed by atoms with van der Waals surface area (Å²) in [6, 6.07) is 4.50. The van der Waals surface area contributed by atoms with Gasteiger partial charge in [0.25, 0.3) is 0 Å². The number of hydrogen-bond donors (Lipinski definition) is 0. The van der Waals surface area contributed by atoms with E-state index in [9.17, 15) is 4.79 Å². The summed E-state index contributed by atoms with van der Waals surface area (Å²) in [5.41, 5.74) is 0.884. The van der Waals surface area contributed by atoms with Gasteiger partial charge in [-0.2, -0.15) is 0 Å². The molecule has 1 atom stereocenters. The van der Waals surface area contributed by atoms with Crippen LogP contribution in [-0.4, -0.2) is 41.7 Å². The molecule has 0 radical (unpaired) electrons. The molecule has 5 nitrogen and oxygen atoms in total. The Bertz CT molecular complexity index is 530. The molecule has 1 aromatic heterocycles. The van der Waals surface area contributed by atoms with Crippen LogP contribution in [0, 0.1) is 0 Å². The molecule has 2 aliphatic heterocycles. The van der Waals surface area contributed by atoms with Crippen molar-refractivity contribution in [3.8, 4) is 0 Å². The third-order valence-electron chi connectivity index (χ3n) is 4.24. The first-order chi connectivity index (χ1) is 9.49. The van der Waals surface area contributed by atoms with E-state index in [1.807, 2.05) is 26.0 Å². The van der Waals surface area contributed by atoms with E-state index in [4.69, 9.17) is 4.74 Å². The summed E-state index contributed by atoms with van der Waals surface area (Å²) in [6.45, 7) is 5.52. The normalized spacial score (nSPS) is 26.1. The predicted molar refractivity (Wildman–Crippen MR) is 76.7 cm³/mol. The van der Waals surface area contributed by atoms with E-state index in [0.717, 1.165) is 13.0 Å². The summed E-state index contributed by atoms with van der Waals surface area (Å²) in [5, 5.41) is 0. The van der Waals surface area contributed by atoms with Gasteiger partial charge in [0, 0.05) is 12.2 Å². The average Bonchev–Trinajstić information content (AvgIpc) is 2.93. The molecule has 0 bridgehead atoms. The van der Waals surface area contributed by atoms with Crippen LogP contribution in [-0.2, 0) is 4.74 Å². The molecule has 0 aromatic carbocycles. The highest BCUT2D eigenvalue weighted by Crippen LogP contribution is 2.34. The molecule has 2 saturated heterocycles. The maximum absolute atomic E-state index is 11.9. The first-order valence-corrected chi connectivity index (χ1v) is 7.12. The molecule has 0 spiro atoms. The van der Waals surface area contributed by atoms with Gasteiger partial charge in [0.1, 0.15) is 12.4 Å². The Morgan fingerprint density at radius 3 is 2.85 bits per heavy atom. The number of ether oxygens (including phenoxy) is 1. The van der Waals surface area contributed by atoms with Crippen LogP contribution in [0.15, 0.2) is 18.3 Å². The molecule has 2 aliphatic rings. The molecule has 0 aliphatic carbocycles. The number of anilines is 1. The average molecular weight is 275 g/mol. The van der Waals surface area contributed by atoms with Crippen molar-refractivity contribution in [2.24, 2.45) is 0 Å². The van der Waals surface area contributed by atoms with Gasteiger partial charge < -0.3 is 4.74 Å². The van der Waals surface area contributed by atoms with E-state index in [1.165, 1.54) is 12.0 Å². The summed E-state index contributed by atoms with van der Waals surface area (Å²) < 4.78 is 5.16. The minimum absolute atomic E-state index is 0.306. The van der Waals surface area contributed by atoms with Gasteiger partial charge in [-0.05, 0) is 58.0 Å². The molecule has 0 N–H and O–H groups in total. The Morgan fingerprint density at radius 1 is 1.45 bits per heavy atom. The van der Waals surface area contributed by atoms with Crippen molar-refractivity contribution < 1.29 is 9.53 Å². The second-order valence-electron chi connectivity index (χ2n) is 6.29. The zero-order valence-corrected chi connectivity index (χ0v) is 12.3. The summed E-state index contributed by atoms with van der Waals surface area (Å²) >= 11 is 0. The van der Waals surface area contributed by atoms with Crippen molar-refractivity contribution in [3.05, 3.63) is 23.9 Å². The van der Waals surface area contributed by atoms with E-state index in [1.54, 1.807) is 11.1 Å². The Balaban J connectivity index is 1.93. The van der Waals surface area contributed by atoms with Crippen molar-refractivity contribution in [3.63, 3.8) is 0 Å². The smallest absolute Gasteiger partial charge is 0.416 e. The van der Waals surface area contributed by atoms with Gasteiger partial charge in [-0.25, -0.2) is 9.78 Å². The van der Waals surface area contributed by atoms with E-state index < -0.39 is 0 Å². The molecule has 1 amide bonds. The Kier molecular flexibility index (Phi) is 3.17. The zero-order valence-electron chi connectivity index (χ0n) is 12.3. The Morgan fingerprint density at radius 2 is 2.25 bits per heavy atom. The van der Waals surface area contributed by atoms with Crippen LogP contribution >= 0.6 is 0 Å². The van der Waals surface area contributed by atoms with Gasteiger partial charge in [0.05, 0.1) is 5.54 Å². The highest BCUT2D eigenvalue weighted by atomic mass is 16.6. The molecule has 1 aromatic rings. The topological polar surface area (TPSA) is 45.7 Å². The number of hydrogen-bond acceptors (Lipinski definition) is 4. The lowest BCUT2D eigenvalue weighted by atomic mass is 10.0. The number of carbonyl (C=O) groups is 1. The largest absolute Gasteiger partial charge is 0.447 e. The van der Waals surface area contributed by atoms with Crippen molar-refractivity contribution in [2.75, 3.05) is 25.1 Å². The van der Waals surface area contributed by atoms with Crippen LogP contribution in [0.5, 0.6) is 0 Å². The van der Waals surface area contributed by atoms with Gasteiger partial charge in [-0.3, -0.25) is 9.80 Å². The quantitative estimate of drug-likeness (QED) is 0.832. The molecule has 5 heteroatoms. The fourth-order valence-corrected chi connectivity index (χ4v) is 3.11. The van der Waals surface area contributed by atoms with Crippen LogP contribution in [0.1, 0.15) is 38.3 Å². The summed E-state index contributed by atoms with van der Waals surface area (Å²) in [6.07, 6.45) is 3.86. The second kappa shape index (κ2) is 4.74. The van der Waals surface area contributed by atoms with Gasteiger partial charge >= 0.3 is 6.09 Å². The summed E-state index contributed by atoms with van der Waals surface area (Å²) in [4.78, 5) is 20.3. The number of amides is 1. The fourth-order valence-electron chi connectivity index (χ4n) is 3.11. The number of pyridine rings is 1. The van der Waals surface area contributed by atoms with E-state index >= 15 is 0 Å². The maximum atomic E-state index is 11.9. The lowest BCUT2D eigenvalue weighted by Gasteiger charge is -2.28. The van der Waals surface area contributed by atoms with E-state index in [2.05, 4.69) is 16.9 Å². The van der Waals surface area contributed by atoms with E-state index in [0.29, 0.717) is 18.5 Å². The number of cyclic esters (lactones) is 1. The van der Waals surface area contributed by atoms with Crippen molar-refractivity contribution in [1.29, 1.82) is 0 Å². The maximum Gasteiger partial charge on any atom is 0.416 e. The first kappa shape index (κ1) is 13.4. The van der Waals surface area contributed by atoms with Crippen molar-refractivity contribution >= 4 is 11.9 Å². The number of carbonyl (C=O) groups excluding carboxylic acids is 1. The lowest BCUT2D eigenvalue weighted by molar-refractivity contribution is 0.175. The Hall–Kier alpha value is -1.62. The molecule has 0 unspecified atom stereocenters. The monoisotopic (exact) mass is 275 g/mol. The second-order valence-corrected chi connectivity index (χ2v) is 6.29. The highest BCUT2D eigenvalue weighted by Gasteiger charge is 2.42. The molecule has 108 valence electrons. The third-order valence-corrected chi connectivity index (χ3v) is 4.24. The number of likely N-dealkylation sites (tertiary alicyclic amines) is 1. The Labute approximate surface area is 119 Å². The van der Waals surface area contributed by atoms with Gasteiger partial charge in [-0.15, -0.1) is 0 Å². The third kappa shape index (κ3) is 2.16. The molecule has 2 fully saturated rings. The highest BCUT2D eigenvalue weighted by molar-refractivity contribution is 5.90. The van der Waals surface area contributed by atoms with Crippen LogP contribution in [0.25, 0.3) is 0 Å². The predicted octanol–water partition coefficient (Wildman–Crippen LogP) is 2.58. The van der Waals surface area contributed by atoms with Gasteiger partial charge in [0.2, 0.25) is 0 Å². The van der Waals surface area contributed by atoms with Gasteiger partial charge in [-0.1, -0.05) is 0 Å². The van der Waals surface area contributed by atoms with E-state index in [-0.39, 0.29) is 11.6 Å². The summed E-state index contributed by atoms with van der Waals surface area (Å²) in [5.74, 6) is 0.690. The van der Waals surface area contributed by atoms with Crippen molar-refractivity contribution in [1.82, 2.24) is 9.88 Å². The lowest BCUT2D eigenvalue weighted by Crippen LogP contribution is -2.42. The minimum atomic E-state index is -0.343. The zero-order chi connectivity index (χ0) is 14.3. The SMILES string of the molecule is CN1CCC[C@H]1c1ccnc(N2C(=O)OCC2(C)C)c1. The van der Waals surface area contributed by atoms with Gasteiger partial charge in [0.15, 0.2) is 0 Å². The van der Waals surface area contributed by atoms with Crippen molar-refractivity contribution in [2.45, 2.75) is 38.3 Å². The number of aromatic nitrogens is 1. The molecule has 0 saturated carbocycles. The fraction of sp³-hybridized carbons (Fsp3) is 0.600. The standard InChI is InChI=1S/C15H21N3O2/c1-15(2)10-20-14(19)18(15)13-9-11(6-7-16-13)12-5-4-8-17(12)3/h6-7,9,12H,4-5,8,10H2,1-3H3/t12-/m0/s1. The molecular weight excluding hydrogens is 254 g/mol. The molecule has 20 heavy (non-hydrogen) atoms. The molecule has 3 heterocycles. The summed E-state index contributed by atoms with van der Waals surface area (Å²) in [7, 11) is 2.14. The molecular formula is C15H21N3O2.